The molecule has 0 spiro atoms. The van der Waals surface area contributed by atoms with Crippen LogP contribution in [0.3, 0.4) is 0 Å². The average molecular weight is 500 g/mol. The summed E-state index contributed by atoms with van der Waals surface area (Å²) in [5.74, 6) is 0.991. The van der Waals surface area contributed by atoms with E-state index in [4.69, 9.17) is 16.0 Å². The zero-order valence-electron chi connectivity index (χ0n) is 15.9. The molecule has 30 heavy (non-hydrogen) atoms. The molecule has 2 aromatic carbocycles. The molecule has 4 nitrogen and oxygen atoms in total. The predicted octanol–water partition coefficient (Wildman–Crippen LogP) is 7.45. The van der Waals surface area contributed by atoms with Gasteiger partial charge < -0.3 is 4.42 Å². The van der Waals surface area contributed by atoms with Gasteiger partial charge in [-0.3, -0.25) is 10.1 Å². The molecule has 0 saturated carbocycles. The summed E-state index contributed by atoms with van der Waals surface area (Å²) in [6, 6.07) is 17.3. The van der Waals surface area contributed by atoms with Crippen molar-refractivity contribution in [2.75, 3.05) is 5.32 Å². The molecule has 0 aliphatic carbocycles. The van der Waals surface area contributed by atoms with Crippen molar-refractivity contribution in [3.63, 3.8) is 0 Å². The van der Waals surface area contributed by atoms with E-state index >= 15 is 0 Å². The van der Waals surface area contributed by atoms with E-state index in [1.807, 2.05) is 66.9 Å². The number of anilines is 1. The van der Waals surface area contributed by atoms with Crippen molar-refractivity contribution in [3.05, 3.63) is 86.9 Å². The van der Waals surface area contributed by atoms with Gasteiger partial charge in [-0.05, 0) is 48.9 Å². The van der Waals surface area contributed by atoms with Crippen LogP contribution in [0.4, 0.5) is 5.13 Å². The molecule has 0 unspecified atom stereocenters. The van der Waals surface area contributed by atoms with E-state index in [-0.39, 0.29) is 5.91 Å². The van der Waals surface area contributed by atoms with E-state index in [0.717, 1.165) is 26.9 Å². The van der Waals surface area contributed by atoms with Crippen LogP contribution in [-0.2, 0) is 4.79 Å². The Bertz CT molecular complexity index is 1230. The minimum absolute atomic E-state index is 0.275. The molecule has 0 aliphatic rings. The zero-order chi connectivity index (χ0) is 21.1. The van der Waals surface area contributed by atoms with Crippen molar-refractivity contribution in [1.82, 2.24) is 4.98 Å². The number of rotatable bonds is 5. The average Bonchev–Trinajstić information content (AvgIpc) is 3.39. The highest BCUT2D eigenvalue weighted by Gasteiger charge is 2.08. The van der Waals surface area contributed by atoms with Gasteiger partial charge in [-0.1, -0.05) is 51.8 Å². The van der Waals surface area contributed by atoms with Crippen LogP contribution in [0.2, 0.25) is 5.02 Å². The van der Waals surface area contributed by atoms with E-state index in [1.165, 1.54) is 17.4 Å². The SMILES string of the molecule is Cc1ccc(-c2ccc(C=CC(=O)Nc3nc(-c4ccc(Br)cc4)cs3)o2)cc1Cl. The van der Waals surface area contributed by atoms with Gasteiger partial charge in [-0.15, -0.1) is 11.3 Å². The molecule has 0 aliphatic heterocycles. The van der Waals surface area contributed by atoms with Gasteiger partial charge in [0.2, 0.25) is 5.91 Å². The molecule has 0 atom stereocenters. The lowest BCUT2D eigenvalue weighted by Gasteiger charge is -2.00. The van der Waals surface area contributed by atoms with Crippen molar-refractivity contribution >= 4 is 56.0 Å². The molecule has 1 amide bonds. The molecule has 150 valence electrons. The zero-order valence-corrected chi connectivity index (χ0v) is 19.0. The number of hydrogen-bond acceptors (Lipinski definition) is 4. The number of benzene rings is 2. The highest BCUT2D eigenvalue weighted by molar-refractivity contribution is 9.10. The Morgan fingerprint density at radius 1 is 1.13 bits per heavy atom. The maximum absolute atomic E-state index is 12.2. The first-order valence-corrected chi connectivity index (χ1v) is 11.1. The van der Waals surface area contributed by atoms with Crippen LogP contribution in [0.15, 0.2) is 74.9 Å². The molecule has 2 aromatic heterocycles. The lowest BCUT2D eigenvalue weighted by molar-refractivity contribution is -0.111. The summed E-state index contributed by atoms with van der Waals surface area (Å²) >= 11 is 11.0. The van der Waals surface area contributed by atoms with E-state index in [1.54, 1.807) is 6.08 Å². The molecule has 0 fully saturated rings. The van der Waals surface area contributed by atoms with Crippen molar-refractivity contribution in [2.45, 2.75) is 6.92 Å². The maximum atomic E-state index is 12.2. The van der Waals surface area contributed by atoms with Crippen LogP contribution in [0.1, 0.15) is 11.3 Å². The van der Waals surface area contributed by atoms with Crippen molar-refractivity contribution in [3.8, 4) is 22.6 Å². The smallest absolute Gasteiger partial charge is 0.250 e. The number of furan rings is 1. The van der Waals surface area contributed by atoms with Gasteiger partial charge in [0.25, 0.3) is 0 Å². The quantitative estimate of drug-likeness (QED) is 0.290. The Labute approximate surface area is 191 Å². The van der Waals surface area contributed by atoms with Crippen LogP contribution in [0.5, 0.6) is 0 Å². The van der Waals surface area contributed by atoms with Crippen molar-refractivity contribution in [2.24, 2.45) is 0 Å². The number of amides is 1. The Kier molecular flexibility index (Phi) is 6.18. The summed E-state index contributed by atoms with van der Waals surface area (Å²) < 4.78 is 6.80. The lowest BCUT2D eigenvalue weighted by Crippen LogP contribution is -2.07. The van der Waals surface area contributed by atoms with Crippen molar-refractivity contribution in [1.29, 1.82) is 0 Å². The largest absolute Gasteiger partial charge is 0.457 e. The second kappa shape index (κ2) is 9.00. The Morgan fingerprint density at radius 3 is 2.67 bits per heavy atom. The van der Waals surface area contributed by atoms with Gasteiger partial charge in [-0.2, -0.15) is 0 Å². The molecule has 0 bridgehead atoms. The molecule has 4 aromatic rings. The minimum Gasteiger partial charge on any atom is -0.457 e. The molecule has 7 heteroatoms. The molecule has 1 N–H and O–H groups in total. The van der Waals surface area contributed by atoms with E-state index < -0.39 is 0 Å². The second-order valence-electron chi connectivity index (χ2n) is 6.53. The normalized spacial score (nSPS) is 11.2. The van der Waals surface area contributed by atoms with E-state index in [0.29, 0.717) is 21.7 Å². The summed E-state index contributed by atoms with van der Waals surface area (Å²) in [7, 11) is 0. The molecule has 4 rings (SSSR count). The fourth-order valence-electron chi connectivity index (χ4n) is 2.73. The van der Waals surface area contributed by atoms with E-state index in [9.17, 15) is 4.79 Å². The molecule has 0 radical (unpaired) electrons. The number of hydrogen-bond donors (Lipinski definition) is 1. The number of aromatic nitrogens is 1. The number of nitrogens with one attached hydrogen (secondary N) is 1. The van der Waals surface area contributed by atoms with Gasteiger partial charge in [0.15, 0.2) is 5.13 Å². The molecule has 2 heterocycles. The second-order valence-corrected chi connectivity index (χ2v) is 8.71. The standard InChI is InChI=1S/C23H16BrClN2O2S/c1-14-2-3-16(12-19(14)25)21-10-8-18(29-21)9-11-22(28)27-23-26-20(13-30-23)15-4-6-17(24)7-5-15/h2-13H,1H3,(H,26,27,28). The number of carbonyl (C=O) groups excluding carboxylic acids is 1. The highest BCUT2D eigenvalue weighted by Crippen LogP contribution is 2.28. The van der Waals surface area contributed by atoms with Gasteiger partial charge in [0.05, 0.1) is 5.69 Å². The number of halogens is 2. The number of aryl methyl sites for hydroxylation is 1. The number of carbonyl (C=O) groups is 1. The third kappa shape index (κ3) is 4.90. The van der Waals surface area contributed by atoms with Gasteiger partial charge in [-0.25, -0.2) is 4.98 Å². The Balaban J connectivity index is 1.40. The van der Waals surface area contributed by atoms with Crippen molar-refractivity contribution < 1.29 is 9.21 Å². The summed E-state index contributed by atoms with van der Waals surface area (Å²) in [6.45, 7) is 1.95. The maximum Gasteiger partial charge on any atom is 0.250 e. The number of thiazole rings is 1. The fraction of sp³-hybridized carbons (Fsp3) is 0.0435. The van der Waals surface area contributed by atoms with Crippen LogP contribution in [-0.4, -0.2) is 10.9 Å². The number of nitrogens with zero attached hydrogens (tertiary/aromatic N) is 1. The molecular weight excluding hydrogens is 484 g/mol. The van der Waals surface area contributed by atoms with Gasteiger partial charge >= 0.3 is 0 Å². The minimum atomic E-state index is -0.275. The topological polar surface area (TPSA) is 55.1 Å². The first-order valence-electron chi connectivity index (χ1n) is 9.05. The molecule has 0 saturated heterocycles. The molecular formula is C23H16BrClN2O2S. The Hall–Kier alpha value is -2.67. The third-order valence-electron chi connectivity index (χ3n) is 4.36. The summed E-state index contributed by atoms with van der Waals surface area (Å²) in [5.41, 5.74) is 3.70. The first-order chi connectivity index (χ1) is 14.5. The highest BCUT2D eigenvalue weighted by atomic mass is 79.9. The lowest BCUT2D eigenvalue weighted by atomic mass is 10.1. The van der Waals surface area contributed by atoms with Crippen LogP contribution >= 0.6 is 38.9 Å². The first kappa shape index (κ1) is 20.6. The van der Waals surface area contributed by atoms with Crippen LogP contribution in [0, 0.1) is 6.92 Å². The van der Waals surface area contributed by atoms with E-state index in [2.05, 4.69) is 26.2 Å². The fourth-order valence-corrected chi connectivity index (χ4v) is 3.90. The third-order valence-corrected chi connectivity index (χ3v) is 6.05. The summed E-state index contributed by atoms with van der Waals surface area (Å²) in [6.07, 6.45) is 3.04. The Morgan fingerprint density at radius 2 is 1.90 bits per heavy atom. The summed E-state index contributed by atoms with van der Waals surface area (Å²) in [5, 5.41) is 5.92. The predicted molar refractivity (Wildman–Crippen MR) is 127 cm³/mol. The van der Waals surface area contributed by atoms with Gasteiger partial charge in [0.1, 0.15) is 11.5 Å². The van der Waals surface area contributed by atoms with Crippen LogP contribution < -0.4 is 5.32 Å². The summed E-state index contributed by atoms with van der Waals surface area (Å²) in [4.78, 5) is 16.7. The monoisotopic (exact) mass is 498 g/mol. The van der Waals surface area contributed by atoms with Crippen LogP contribution in [0.25, 0.3) is 28.7 Å². The van der Waals surface area contributed by atoms with Gasteiger partial charge in [0, 0.05) is 32.1 Å².